The van der Waals surface area contributed by atoms with Crippen molar-refractivity contribution in [3.05, 3.63) is 53.9 Å². The second kappa shape index (κ2) is 4.00. The Balaban J connectivity index is 2.15. The molecule has 0 saturated carbocycles. The molecule has 83 valence electrons. The van der Waals surface area contributed by atoms with E-state index in [2.05, 4.69) is 11.2 Å². The predicted molar refractivity (Wildman–Crippen MR) is 51.6 cm³/mol. The predicted octanol–water partition coefficient (Wildman–Crippen LogP) is 2.75. The minimum absolute atomic E-state index is 0.313. The lowest BCUT2D eigenvalue weighted by Gasteiger charge is -2.02. The summed E-state index contributed by atoms with van der Waals surface area (Å²) < 4.78 is 38.1. The van der Waals surface area contributed by atoms with Gasteiger partial charge in [-0.1, -0.05) is 18.2 Å². The van der Waals surface area contributed by atoms with E-state index < -0.39 is 11.7 Å². The topological polar surface area (TPSA) is 17.8 Å². The number of hydrogen-bond acceptors (Lipinski definition) is 1. The molecule has 2 aromatic rings. The molecule has 2 nitrogen and oxygen atoms in total. The van der Waals surface area contributed by atoms with Crippen LogP contribution in [-0.2, 0) is 12.7 Å². The molecule has 0 aliphatic carbocycles. The summed E-state index contributed by atoms with van der Waals surface area (Å²) >= 11 is 0. The maximum absolute atomic E-state index is 12.3. The Morgan fingerprint density at radius 3 is 2.75 bits per heavy atom. The molecule has 2 rings (SSSR count). The van der Waals surface area contributed by atoms with Crippen molar-refractivity contribution < 1.29 is 13.2 Å². The van der Waals surface area contributed by atoms with Gasteiger partial charge in [0.05, 0.1) is 18.3 Å². The molecule has 0 aliphatic rings. The summed E-state index contributed by atoms with van der Waals surface area (Å²) in [5.41, 5.74) is 0.131. The summed E-state index contributed by atoms with van der Waals surface area (Å²) in [5, 5.41) is 3.66. The molecule has 0 saturated heterocycles. The Labute approximate surface area is 90.3 Å². The molecule has 0 unspecified atom stereocenters. The quantitative estimate of drug-likeness (QED) is 0.768. The molecule has 1 aromatic heterocycles. The molecule has 1 heterocycles. The lowest BCUT2D eigenvalue weighted by molar-refractivity contribution is -0.137. The van der Waals surface area contributed by atoms with Crippen LogP contribution in [0.2, 0.25) is 0 Å². The summed E-state index contributed by atoms with van der Waals surface area (Å²) in [6, 6.07) is 9.89. The van der Waals surface area contributed by atoms with Gasteiger partial charge >= 0.3 is 6.18 Å². The van der Waals surface area contributed by atoms with Crippen LogP contribution in [0.4, 0.5) is 13.2 Å². The Bertz CT molecular complexity index is 460. The van der Waals surface area contributed by atoms with Crippen LogP contribution >= 0.6 is 0 Å². The minimum Gasteiger partial charge on any atom is -0.268 e. The second-order valence-electron chi connectivity index (χ2n) is 3.34. The molecule has 0 amide bonds. The summed E-state index contributed by atoms with van der Waals surface area (Å²) in [4.78, 5) is 0. The van der Waals surface area contributed by atoms with Gasteiger partial charge in [-0.05, 0) is 17.7 Å². The minimum atomic E-state index is -4.33. The van der Waals surface area contributed by atoms with E-state index in [0.717, 1.165) is 18.0 Å². The molecule has 5 heteroatoms. The third-order valence-corrected chi connectivity index (χ3v) is 2.08. The first-order chi connectivity index (χ1) is 7.55. The van der Waals surface area contributed by atoms with Gasteiger partial charge < -0.3 is 0 Å². The highest BCUT2D eigenvalue weighted by atomic mass is 19.4. The van der Waals surface area contributed by atoms with E-state index in [1.807, 2.05) is 6.07 Å². The van der Waals surface area contributed by atoms with Gasteiger partial charge in [0.15, 0.2) is 0 Å². The van der Waals surface area contributed by atoms with Crippen molar-refractivity contribution in [2.45, 2.75) is 12.7 Å². The smallest absolute Gasteiger partial charge is 0.268 e. The SMILES string of the molecule is FC(F)(F)c1cnn(Cc2c[c]ccc2)c1. The van der Waals surface area contributed by atoms with Gasteiger partial charge in [0.2, 0.25) is 0 Å². The van der Waals surface area contributed by atoms with Gasteiger partial charge in [-0.2, -0.15) is 18.3 Å². The highest BCUT2D eigenvalue weighted by Gasteiger charge is 2.32. The number of hydrogen-bond donors (Lipinski definition) is 0. The lowest BCUT2D eigenvalue weighted by Crippen LogP contribution is -2.03. The fraction of sp³-hybridized carbons (Fsp3) is 0.182. The second-order valence-corrected chi connectivity index (χ2v) is 3.34. The number of alkyl halides is 3. The van der Waals surface area contributed by atoms with Crippen LogP contribution in [0, 0.1) is 6.07 Å². The van der Waals surface area contributed by atoms with Crippen molar-refractivity contribution in [2.24, 2.45) is 0 Å². The summed E-state index contributed by atoms with van der Waals surface area (Å²) in [7, 11) is 0. The van der Waals surface area contributed by atoms with E-state index in [9.17, 15) is 13.2 Å². The van der Waals surface area contributed by atoms with Crippen LogP contribution in [0.3, 0.4) is 0 Å². The van der Waals surface area contributed by atoms with E-state index in [1.165, 1.54) is 4.68 Å². The van der Waals surface area contributed by atoms with Crippen LogP contribution in [-0.4, -0.2) is 9.78 Å². The van der Waals surface area contributed by atoms with Gasteiger partial charge in [0.25, 0.3) is 0 Å². The Kier molecular flexibility index (Phi) is 2.68. The monoisotopic (exact) mass is 225 g/mol. The van der Waals surface area contributed by atoms with Crippen molar-refractivity contribution in [3.63, 3.8) is 0 Å². The van der Waals surface area contributed by atoms with Crippen molar-refractivity contribution in [1.82, 2.24) is 9.78 Å². The van der Waals surface area contributed by atoms with Crippen LogP contribution in [0.25, 0.3) is 0 Å². The van der Waals surface area contributed by atoms with E-state index >= 15 is 0 Å². The number of aromatic nitrogens is 2. The van der Waals surface area contributed by atoms with Gasteiger partial charge in [-0.15, -0.1) is 0 Å². The normalized spacial score (nSPS) is 11.7. The zero-order valence-corrected chi connectivity index (χ0v) is 8.20. The highest BCUT2D eigenvalue weighted by Crippen LogP contribution is 2.28. The molecule has 1 radical (unpaired) electrons. The summed E-state index contributed by atoms with van der Waals surface area (Å²) in [5.74, 6) is 0. The first kappa shape index (κ1) is 10.7. The maximum Gasteiger partial charge on any atom is 0.419 e. The molecule has 16 heavy (non-hydrogen) atoms. The van der Waals surface area contributed by atoms with Gasteiger partial charge in [-0.25, -0.2) is 0 Å². The van der Waals surface area contributed by atoms with E-state index in [1.54, 1.807) is 18.2 Å². The zero-order chi connectivity index (χ0) is 11.6. The summed E-state index contributed by atoms with van der Waals surface area (Å²) in [6.45, 7) is 0.313. The molecule has 1 aromatic carbocycles. The molecule has 0 atom stereocenters. The van der Waals surface area contributed by atoms with Crippen LogP contribution in [0.5, 0.6) is 0 Å². The molecule has 0 spiro atoms. The van der Waals surface area contributed by atoms with Gasteiger partial charge in [0, 0.05) is 6.20 Å². The van der Waals surface area contributed by atoms with Crippen LogP contribution < -0.4 is 0 Å². The molecule has 0 bridgehead atoms. The molecular formula is C11H8F3N2. The third-order valence-electron chi connectivity index (χ3n) is 2.08. The third kappa shape index (κ3) is 2.42. The Hall–Kier alpha value is -1.78. The van der Waals surface area contributed by atoms with Crippen molar-refractivity contribution in [3.8, 4) is 0 Å². The molecular weight excluding hydrogens is 217 g/mol. The fourth-order valence-electron chi connectivity index (χ4n) is 1.31. The van der Waals surface area contributed by atoms with Crippen molar-refractivity contribution in [2.75, 3.05) is 0 Å². The fourth-order valence-corrected chi connectivity index (χ4v) is 1.31. The maximum atomic E-state index is 12.3. The first-order valence-corrected chi connectivity index (χ1v) is 4.60. The van der Waals surface area contributed by atoms with E-state index in [-0.39, 0.29) is 0 Å². The number of rotatable bonds is 2. The number of halogens is 3. The van der Waals surface area contributed by atoms with Crippen molar-refractivity contribution in [1.29, 1.82) is 0 Å². The molecule has 0 aliphatic heterocycles. The number of nitrogens with zero attached hydrogens (tertiary/aromatic N) is 2. The van der Waals surface area contributed by atoms with Crippen molar-refractivity contribution >= 4 is 0 Å². The lowest BCUT2D eigenvalue weighted by atomic mass is 10.2. The summed E-state index contributed by atoms with van der Waals surface area (Å²) in [6.07, 6.45) is -2.51. The van der Waals surface area contributed by atoms with Crippen LogP contribution in [0.15, 0.2) is 36.7 Å². The zero-order valence-electron chi connectivity index (χ0n) is 8.20. The standard InChI is InChI=1S/C11H8F3N2/c12-11(13,14)10-6-15-16(8-10)7-9-4-2-1-3-5-9/h1-2,4-6,8H,7H2. The molecule has 0 N–H and O–H groups in total. The Morgan fingerprint density at radius 2 is 2.19 bits per heavy atom. The average molecular weight is 225 g/mol. The first-order valence-electron chi connectivity index (χ1n) is 4.60. The number of benzene rings is 1. The van der Waals surface area contributed by atoms with Crippen LogP contribution in [0.1, 0.15) is 11.1 Å². The molecule has 0 fully saturated rings. The Morgan fingerprint density at radius 1 is 1.38 bits per heavy atom. The van der Waals surface area contributed by atoms with E-state index in [4.69, 9.17) is 0 Å². The average Bonchev–Trinajstić information content (AvgIpc) is 2.67. The van der Waals surface area contributed by atoms with Gasteiger partial charge in [0.1, 0.15) is 0 Å². The highest BCUT2D eigenvalue weighted by molar-refractivity contribution is 5.15. The van der Waals surface area contributed by atoms with Gasteiger partial charge in [-0.3, -0.25) is 4.68 Å². The van der Waals surface area contributed by atoms with E-state index in [0.29, 0.717) is 6.54 Å². The largest absolute Gasteiger partial charge is 0.419 e.